The van der Waals surface area contributed by atoms with Gasteiger partial charge in [0.15, 0.2) is 0 Å². The minimum absolute atomic E-state index is 0.0213. The molecule has 2 bridgehead atoms. The molecule has 2 aromatic carbocycles. The molecule has 0 aromatic heterocycles. The van der Waals surface area contributed by atoms with E-state index < -0.39 is 15.6 Å². The predicted octanol–water partition coefficient (Wildman–Crippen LogP) is 7.44. The molecule has 0 radical (unpaired) electrons. The van der Waals surface area contributed by atoms with Gasteiger partial charge in [0, 0.05) is 55.0 Å². The molecule has 3 heterocycles. The Balaban J connectivity index is 1.15. The lowest BCUT2D eigenvalue weighted by Gasteiger charge is -2.46. The summed E-state index contributed by atoms with van der Waals surface area (Å²) < 4.78 is 37.5. The van der Waals surface area contributed by atoms with Gasteiger partial charge in [0.25, 0.3) is 5.91 Å². The van der Waals surface area contributed by atoms with E-state index in [9.17, 15) is 13.8 Å². The number of aryl methyl sites for hydroxylation is 1. The highest BCUT2D eigenvalue weighted by Crippen LogP contribution is 2.59. The molecule has 274 valence electrons. The predicted molar refractivity (Wildman–Crippen MR) is 200 cm³/mol. The fourth-order valence-electron chi connectivity index (χ4n) is 9.88. The minimum Gasteiger partial charge on any atom is -0.490 e. The highest BCUT2D eigenvalue weighted by Gasteiger charge is 2.56. The summed E-state index contributed by atoms with van der Waals surface area (Å²) in [4.78, 5) is 30.0. The molecule has 0 N–H and O–H groups in total. The van der Waals surface area contributed by atoms with Crippen LogP contribution in [0.3, 0.4) is 0 Å². The molecule has 3 aliphatic heterocycles. The highest BCUT2D eigenvalue weighted by molar-refractivity contribution is 7.94. The van der Waals surface area contributed by atoms with Gasteiger partial charge in [0.2, 0.25) is 0 Å². The quantitative estimate of drug-likeness (QED) is 0.295. The van der Waals surface area contributed by atoms with Gasteiger partial charge in [-0.1, -0.05) is 36.7 Å². The molecule has 2 spiro atoms. The largest absolute Gasteiger partial charge is 0.490 e. The molecular weight excluding hydrogens is 684 g/mol. The van der Waals surface area contributed by atoms with Gasteiger partial charge in [-0.25, -0.2) is 4.21 Å². The van der Waals surface area contributed by atoms with E-state index in [2.05, 4.69) is 33.5 Å². The van der Waals surface area contributed by atoms with Gasteiger partial charge < -0.3 is 19.1 Å². The SMILES string of the molecule is CO[C@H]1/C=C/C[C@H](C)C[S@@](=O)(CC(=O)C[C@H]2CC23CCOC3)=NC(=O)c2ccc3c(c2)N(C[C@@H]2CC[C@H]21)C[C@@]1(CCCc2cc(Cl)ccc21)CO3. The summed E-state index contributed by atoms with van der Waals surface area (Å²) >= 11 is 6.47. The number of amides is 1. The van der Waals surface area contributed by atoms with Crippen LogP contribution in [-0.2, 0) is 35.8 Å². The van der Waals surface area contributed by atoms with E-state index in [1.807, 2.05) is 25.1 Å². The Bertz CT molecular complexity index is 1850. The normalized spacial score (nSPS) is 36.6. The number of carbonyl (C=O) groups is 2. The summed E-state index contributed by atoms with van der Waals surface area (Å²) in [5.41, 5.74) is 3.70. The molecule has 1 unspecified atom stereocenters. The highest BCUT2D eigenvalue weighted by atomic mass is 35.5. The Hall–Kier alpha value is -2.72. The van der Waals surface area contributed by atoms with Gasteiger partial charge >= 0.3 is 0 Å². The summed E-state index contributed by atoms with van der Waals surface area (Å²) in [6.45, 7) is 5.57. The number of halogens is 1. The van der Waals surface area contributed by atoms with Crippen molar-refractivity contribution in [2.75, 3.05) is 56.4 Å². The summed E-state index contributed by atoms with van der Waals surface area (Å²) in [7, 11) is -1.38. The summed E-state index contributed by atoms with van der Waals surface area (Å²) in [5.74, 6) is 1.14. The second-order valence-corrected chi connectivity index (χ2v) is 19.3. The van der Waals surface area contributed by atoms with Crippen molar-refractivity contribution in [3.8, 4) is 5.75 Å². The lowest BCUT2D eigenvalue weighted by Crippen LogP contribution is -2.49. The van der Waals surface area contributed by atoms with Crippen molar-refractivity contribution in [2.45, 2.75) is 76.2 Å². The van der Waals surface area contributed by atoms with Crippen LogP contribution in [0.1, 0.15) is 79.8 Å². The third-order valence-electron chi connectivity index (χ3n) is 12.9. The number of ketones is 1. The Kier molecular flexibility index (Phi) is 9.64. The van der Waals surface area contributed by atoms with Crippen molar-refractivity contribution in [3.63, 3.8) is 0 Å². The lowest BCUT2D eigenvalue weighted by atomic mass is 9.68. The van der Waals surface area contributed by atoms with Gasteiger partial charge in [0.05, 0.1) is 40.5 Å². The third kappa shape index (κ3) is 7.05. The molecule has 8 rings (SSSR count). The number of benzene rings is 2. The maximum Gasteiger partial charge on any atom is 0.285 e. The van der Waals surface area contributed by atoms with Crippen LogP contribution in [0.15, 0.2) is 52.9 Å². The van der Waals surface area contributed by atoms with Gasteiger partial charge in [-0.05, 0) is 122 Å². The van der Waals surface area contributed by atoms with Gasteiger partial charge in [-0.3, -0.25) is 9.59 Å². The van der Waals surface area contributed by atoms with E-state index >= 15 is 0 Å². The van der Waals surface area contributed by atoms with Crippen molar-refractivity contribution in [1.82, 2.24) is 0 Å². The fraction of sp³-hybridized carbons (Fsp3) is 0.610. The van der Waals surface area contributed by atoms with E-state index in [-0.39, 0.29) is 46.1 Å². The Morgan fingerprint density at radius 3 is 2.82 bits per heavy atom. The van der Waals surface area contributed by atoms with Crippen LogP contribution in [0.2, 0.25) is 5.02 Å². The van der Waals surface area contributed by atoms with Crippen molar-refractivity contribution in [1.29, 1.82) is 0 Å². The first-order valence-electron chi connectivity index (χ1n) is 18.9. The number of hydrogen-bond acceptors (Lipinski definition) is 7. The first-order valence-corrected chi connectivity index (χ1v) is 21.2. The number of ether oxygens (including phenoxy) is 3. The average Bonchev–Trinajstić information content (AvgIpc) is 3.56. The maximum absolute atomic E-state index is 14.7. The molecule has 3 aliphatic carbocycles. The monoisotopic (exact) mass is 734 g/mol. The number of methoxy groups -OCH3 is 1. The Labute approximate surface area is 307 Å². The first-order chi connectivity index (χ1) is 24.6. The molecule has 6 aliphatic rings. The van der Waals surface area contributed by atoms with Crippen molar-refractivity contribution in [3.05, 3.63) is 70.3 Å². The number of rotatable bonds is 5. The van der Waals surface area contributed by atoms with E-state index in [4.69, 9.17) is 25.8 Å². The van der Waals surface area contributed by atoms with Crippen LogP contribution in [0.25, 0.3) is 0 Å². The number of fused-ring (bicyclic) bond motifs is 4. The Morgan fingerprint density at radius 2 is 2.04 bits per heavy atom. The second-order valence-electron chi connectivity index (χ2n) is 16.5. The van der Waals surface area contributed by atoms with Gasteiger partial charge in [-0.15, -0.1) is 0 Å². The van der Waals surface area contributed by atoms with Crippen molar-refractivity contribution in [2.24, 2.45) is 33.4 Å². The lowest BCUT2D eigenvalue weighted by molar-refractivity contribution is -0.117. The third-order valence-corrected chi connectivity index (χ3v) is 15.5. The standard InChI is InChI=1S/C41H51ClN2O6S/c1-27-5-3-7-37(48-2)34-11-8-30(34)21-44-24-41(14-4-6-28-17-32(42)10-12-35(28)41)26-50-38-13-9-29(18-36(38)44)39(46)43-51(47,22-27)23-33(45)19-31-20-40(31)15-16-49-25-40/h3,7,9-10,12-13,17-18,27,30-31,34,37H,4-6,8,11,14-16,19-26H2,1-2H3/b7-3+/t27-,30-,31-,34+,37-,40?,41-,51+/m0/s1. The van der Waals surface area contributed by atoms with Crippen LogP contribution < -0.4 is 9.64 Å². The smallest absolute Gasteiger partial charge is 0.285 e. The second kappa shape index (κ2) is 13.9. The summed E-state index contributed by atoms with van der Waals surface area (Å²) in [6, 6.07) is 11.8. The van der Waals surface area contributed by atoms with Crippen LogP contribution in [0, 0.1) is 29.1 Å². The first kappa shape index (κ1) is 35.3. The average molecular weight is 735 g/mol. The number of Topliss-reactive ketones (excluding diaryl/α,β-unsaturated/α-hetero) is 1. The van der Waals surface area contributed by atoms with E-state index in [0.29, 0.717) is 43.5 Å². The molecule has 3 fully saturated rings. The topological polar surface area (TPSA) is 94.5 Å². The molecule has 10 heteroatoms. The zero-order chi connectivity index (χ0) is 35.4. The Morgan fingerprint density at radius 1 is 1.16 bits per heavy atom. The maximum atomic E-state index is 14.7. The van der Waals surface area contributed by atoms with Gasteiger partial charge in [0.1, 0.15) is 11.5 Å². The van der Waals surface area contributed by atoms with Crippen LogP contribution in [0.4, 0.5) is 5.69 Å². The van der Waals surface area contributed by atoms with E-state index in [0.717, 1.165) is 81.1 Å². The minimum atomic E-state index is -3.17. The molecule has 8 nitrogen and oxygen atoms in total. The zero-order valence-electron chi connectivity index (χ0n) is 29.9. The number of allylic oxidation sites excluding steroid dienone is 1. The zero-order valence-corrected chi connectivity index (χ0v) is 31.5. The molecule has 2 saturated carbocycles. The molecule has 2 aromatic rings. The number of hydrogen-bond donors (Lipinski definition) is 0. The molecule has 8 atom stereocenters. The molecule has 1 saturated heterocycles. The summed E-state index contributed by atoms with van der Waals surface area (Å²) in [6.07, 6.45) is 12.5. The fourth-order valence-corrected chi connectivity index (χ4v) is 12.4. The van der Waals surface area contributed by atoms with Crippen molar-refractivity contribution >= 4 is 38.7 Å². The number of anilines is 1. The van der Waals surface area contributed by atoms with Crippen LogP contribution in [-0.4, -0.2) is 73.5 Å². The van der Waals surface area contributed by atoms with E-state index in [1.54, 1.807) is 13.2 Å². The van der Waals surface area contributed by atoms with E-state index in [1.165, 1.54) is 11.1 Å². The van der Waals surface area contributed by atoms with Crippen LogP contribution >= 0.6 is 11.6 Å². The number of nitrogens with zero attached hydrogens (tertiary/aromatic N) is 2. The van der Waals surface area contributed by atoms with Crippen molar-refractivity contribution < 1.29 is 28.0 Å². The molecule has 1 amide bonds. The number of carbonyl (C=O) groups excluding carboxylic acids is 2. The molecular formula is C41H51ClN2O6S. The van der Waals surface area contributed by atoms with Gasteiger partial charge in [-0.2, -0.15) is 4.36 Å². The molecule has 51 heavy (non-hydrogen) atoms. The van der Waals surface area contributed by atoms with Crippen LogP contribution in [0.5, 0.6) is 5.75 Å². The summed E-state index contributed by atoms with van der Waals surface area (Å²) in [5, 5.41) is 0.754.